The number of fused-ring (bicyclic) bond motifs is 1. The second-order valence-electron chi connectivity index (χ2n) is 4.76. The smallest absolute Gasteiger partial charge is 0.288 e. The Labute approximate surface area is 141 Å². The zero-order valence-electron chi connectivity index (χ0n) is 12.0. The number of hydrogen-bond acceptors (Lipinski definition) is 5. The number of amides is 1. The number of hydrogen-bond donors (Lipinski definition) is 2. The maximum Gasteiger partial charge on any atom is 0.288 e. The lowest BCUT2D eigenvalue weighted by atomic mass is 10.2. The van der Waals surface area contributed by atoms with E-state index >= 15 is 0 Å². The van der Waals surface area contributed by atoms with Crippen molar-refractivity contribution in [2.75, 3.05) is 12.8 Å². The maximum absolute atomic E-state index is 11.7. The Balaban J connectivity index is 2.10. The molecule has 7 nitrogen and oxygen atoms in total. The summed E-state index contributed by atoms with van der Waals surface area (Å²) in [5, 5.41) is 3.53. The van der Waals surface area contributed by atoms with Crippen molar-refractivity contribution in [3.8, 4) is 11.5 Å². The number of nitrogens with two attached hydrogens (primary N) is 1. The molecule has 2 heterocycles. The third-order valence-electron chi connectivity index (χ3n) is 3.31. The van der Waals surface area contributed by atoms with E-state index in [9.17, 15) is 4.79 Å². The first kappa shape index (κ1) is 15.5. The molecule has 0 fully saturated rings. The van der Waals surface area contributed by atoms with Crippen LogP contribution in [0.5, 0.6) is 0 Å². The molecule has 0 radical (unpaired) electrons. The molecule has 1 aromatic carbocycles. The van der Waals surface area contributed by atoms with E-state index in [-0.39, 0.29) is 11.6 Å². The number of carbonyl (C=O) groups excluding carboxylic acids is 1. The van der Waals surface area contributed by atoms with Crippen molar-refractivity contribution in [3.63, 3.8) is 0 Å². The molecule has 9 heteroatoms. The lowest BCUT2D eigenvalue weighted by Gasteiger charge is -2.13. The van der Waals surface area contributed by atoms with E-state index in [0.717, 1.165) is 5.56 Å². The predicted octanol–water partition coefficient (Wildman–Crippen LogP) is 2.07. The average Bonchev–Trinajstić information content (AvgIpc) is 2.98. The number of benzene rings is 1. The predicted molar refractivity (Wildman–Crippen MR) is 87.8 cm³/mol. The normalized spacial score (nSPS) is 10.9. The van der Waals surface area contributed by atoms with Crippen LogP contribution in [0, 0.1) is 0 Å². The van der Waals surface area contributed by atoms with Gasteiger partial charge in [0.2, 0.25) is 5.82 Å². The van der Waals surface area contributed by atoms with Gasteiger partial charge in [0.15, 0.2) is 17.3 Å². The molecule has 23 heavy (non-hydrogen) atoms. The summed E-state index contributed by atoms with van der Waals surface area (Å²) in [4.78, 5) is 24.2. The average molecular weight is 351 g/mol. The van der Waals surface area contributed by atoms with Crippen molar-refractivity contribution in [2.24, 2.45) is 0 Å². The Bertz CT molecular complexity index is 842. The summed E-state index contributed by atoms with van der Waals surface area (Å²) >= 11 is 12.4. The first-order valence-corrected chi connectivity index (χ1v) is 7.40. The van der Waals surface area contributed by atoms with Crippen LogP contribution in [-0.2, 0) is 6.54 Å². The van der Waals surface area contributed by atoms with Crippen molar-refractivity contribution >= 4 is 34.9 Å². The van der Waals surface area contributed by atoms with Gasteiger partial charge in [-0.2, -0.15) is 0 Å². The van der Waals surface area contributed by atoms with E-state index < -0.39 is 5.91 Å². The molecule has 0 aromatic heterocycles. The number of nitrogen functional groups attached to an aromatic ring is 1. The van der Waals surface area contributed by atoms with Gasteiger partial charge in [-0.25, -0.2) is 15.0 Å². The Hall–Kier alpha value is -2.38. The van der Waals surface area contributed by atoms with Crippen LogP contribution in [0.1, 0.15) is 16.2 Å². The summed E-state index contributed by atoms with van der Waals surface area (Å²) in [5.41, 5.74) is 6.90. The molecular formula is C14H12Cl2N6O. The highest BCUT2D eigenvalue weighted by Gasteiger charge is 2.22. The lowest BCUT2D eigenvalue weighted by Crippen LogP contribution is -2.19. The maximum atomic E-state index is 11.7. The molecule has 0 bridgehead atoms. The first-order chi connectivity index (χ1) is 11.0. The lowest BCUT2D eigenvalue weighted by molar-refractivity contribution is 0.0954. The van der Waals surface area contributed by atoms with Gasteiger partial charge in [-0.1, -0.05) is 29.3 Å². The molecule has 2 aliphatic rings. The molecule has 3 rings (SSSR count). The Morgan fingerprint density at radius 1 is 1.30 bits per heavy atom. The fraction of sp³-hybridized carbons (Fsp3) is 0.143. The van der Waals surface area contributed by atoms with E-state index in [1.807, 2.05) is 0 Å². The number of halogens is 2. The molecule has 0 saturated carbocycles. The first-order valence-electron chi connectivity index (χ1n) is 6.64. The van der Waals surface area contributed by atoms with Gasteiger partial charge in [0, 0.05) is 22.7 Å². The van der Waals surface area contributed by atoms with Gasteiger partial charge in [0.1, 0.15) is 0 Å². The highest BCUT2D eigenvalue weighted by Crippen LogP contribution is 2.28. The van der Waals surface area contributed by atoms with E-state index in [0.29, 0.717) is 28.1 Å². The van der Waals surface area contributed by atoms with Crippen LogP contribution in [0.25, 0.3) is 11.5 Å². The van der Waals surface area contributed by atoms with Gasteiger partial charge >= 0.3 is 0 Å². The molecule has 3 N–H and O–H groups in total. The van der Waals surface area contributed by atoms with Gasteiger partial charge in [0.05, 0.1) is 12.9 Å². The van der Waals surface area contributed by atoms with E-state index in [1.54, 1.807) is 22.8 Å². The summed E-state index contributed by atoms with van der Waals surface area (Å²) in [7, 11) is 1.50. The highest BCUT2D eigenvalue weighted by molar-refractivity contribution is 6.36. The zero-order valence-corrected chi connectivity index (χ0v) is 13.6. The van der Waals surface area contributed by atoms with Crippen LogP contribution in [-0.4, -0.2) is 32.5 Å². The summed E-state index contributed by atoms with van der Waals surface area (Å²) in [6.45, 7) is 0.328. The van der Waals surface area contributed by atoms with Crippen LogP contribution in [0.3, 0.4) is 0 Å². The Kier molecular flexibility index (Phi) is 4.06. The van der Waals surface area contributed by atoms with Crippen LogP contribution >= 0.6 is 23.2 Å². The molecular weight excluding hydrogens is 339 g/mol. The minimum absolute atomic E-state index is 0.0289. The van der Waals surface area contributed by atoms with Crippen molar-refractivity contribution in [3.05, 3.63) is 46.0 Å². The van der Waals surface area contributed by atoms with Crippen LogP contribution in [0.15, 0.2) is 24.5 Å². The standard InChI is InChI=1S/C14H12Cl2N6O/c1-18-14(23)12-20-10-11(17)19-6-22(13(10)21-12)5-7-8(15)3-2-4-9(7)16/h2-4,6H,5,17H2,1H3,(H,18,23). The highest BCUT2D eigenvalue weighted by atomic mass is 35.5. The third-order valence-corrected chi connectivity index (χ3v) is 4.02. The molecule has 1 amide bonds. The van der Waals surface area contributed by atoms with Gasteiger partial charge < -0.3 is 15.6 Å². The molecule has 0 spiro atoms. The fourth-order valence-corrected chi connectivity index (χ4v) is 2.65. The van der Waals surface area contributed by atoms with Crippen molar-refractivity contribution in [2.45, 2.75) is 6.54 Å². The number of carbonyl (C=O) groups is 1. The van der Waals surface area contributed by atoms with Crippen LogP contribution in [0.4, 0.5) is 5.82 Å². The summed E-state index contributed by atoms with van der Waals surface area (Å²) in [6.07, 6.45) is 1.51. The van der Waals surface area contributed by atoms with Crippen LogP contribution in [0.2, 0.25) is 10.0 Å². The van der Waals surface area contributed by atoms with Crippen molar-refractivity contribution in [1.82, 2.24) is 24.8 Å². The number of nitrogens with zero attached hydrogens (tertiary/aromatic N) is 4. The molecule has 0 aliphatic carbocycles. The van der Waals surface area contributed by atoms with Gasteiger partial charge in [-0.15, -0.1) is 0 Å². The Morgan fingerprint density at radius 3 is 2.65 bits per heavy atom. The zero-order chi connectivity index (χ0) is 16.6. The largest absolute Gasteiger partial charge is 0.382 e. The number of imidazole rings is 1. The number of aromatic nitrogens is 4. The molecule has 118 valence electrons. The van der Waals surface area contributed by atoms with E-state index in [1.165, 1.54) is 13.4 Å². The van der Waals surface area contributed by atoms with Crippen molar-refractivity contribution < 1.29 is 4.79 Å². The second kappa shape index (κ2) is 6.02. The molecule has 0 unspecified atom stereocenters. The minimum Gasteiger partial charge on any atom is -0.382 e. The van der Waals surface area contributed by atoms with Gasteiger partial charge in [-0.3, -0.25) is 4.79 Å². The number of anilines is 1. The summed E-state index contributed by atoms with van der Waals surface area (Å²) < 4.78 is 1.69. The molecule has 0 saturated heterocycles. The molecule has 0 atom stereocenters. The summed E-state index contributed by atoms with van der Waals surface area (Å²) in [5.74, 6) is 0.264. The van der Waals surface area contributed by atoms with Crippen LogP contribution < -0.4 is 11.1 Å². The van der Waals surface area contributed by atoms with Gasteiger partial charge in [0.25, 0.3) is 5.91 Å². The van der Waals surface area contributed by atoms with E-state index in [2.05, 4.69) is 20.3 Å². The monoisotopic (exact) mass is 350 g/mol. The second-order valence-corrected chi connectivity index (χ2v) is 5.57. The molecule has 1 aromatic rings. The Morgan fingerprint density at radius 2 is 2.00 bits per heavy atom. The topological polar surface area (TPSA) is 98.7 Å². The van der Waals surface area contributed by atoms with E-state index in [4.69, 9.17) is 28.9 Å². The fourth-order valence-electron chi connectivity index (χ4n) is 2.14. The quantitative estimate of drug-likeness (QED) is 0.753. The SMILES string of the molecule is CNC(=O)c1nc2c(N)ncn(Cc3c(Cl)cccc3Cl)c-2n1. The minimum atomic E-state index is -0.400. The number of nitrogens with one attached hydrogen (secondary N) is 1. The van der Waals surface area contributed by atoms with Crippen molar-refractivity contribution in [1.29, 1.82) is 0 Å². The third kappa shape index (κ3) is 2.80. The molecule has 2 aliphatic heterocycles. The van der Waals surface area contributed by atoms with Gasteiger partial charge in [-0.05, 0) is 12.1 Å². The number of rotatable bonds is 3. The summed E-state index contributed by atoms with van der Waals surface area (Å²) in [6, 6.07) is 5.26.